The minimum absolute atomic E-state index is 0.401. The molecule has 20 heavy (non-hydrogen) atoms. The molecular weight excluding hydrogens is 268 g/mol. The maximum atomic E-state index is 5.82. The first-order chi connectivity index (χ1) is 9.41. The molecule has 0 aliphatic heterocycles. The molecule has 3 nitrogen and oxygen atoms in total. The van der Waals surface area contributed by atoms with E-state index in [1.54, 1.807) is 7.11 Å². The number of hydrogen-bond acceptors (Lipinski definition) is 3. The van der Waals surface area contributed by atoms with Gasteiger partial charge in [-0.05, 0) is 36.8 Å². The van der Waals surface area contributed by atoms with Gasteiger partial charge in [-0.15, -0.1) is 0 Å². The van der Waals surface area contributed by atoms with Crippen molar-refractivity contribution in [2.45, 2.75) is 45.6 Å². The third-order valence-electron chi connectivity index (χ3n) is 4.06. The van der Waals surface area contributed by atoms with E-state index in [2.05, 4.69) is 19.2 Å². The summed E-state index contributed by atoms with van der Waals surface area (Å²) >= 11 is 5.14. The van der Waals surface area contributed by atoms with Crippen LogP contribution >= 0.6 is 12.2 Å². The van der Waals surface area contributed by atoms with Crippen molar-refractivity contribution in [1.29, 1.82) is 0 Å². The van der Waals surface area contributed by atoms with Gasteiger partial charge >= 0.3 is 0 Å². The molecule has 1 fully saturated rings. The number of ether oxygens (including phenoxy) is 1. The molecule has 1 atom stereocenters. The number of thiocarbonyl (C=S) groups is 1. The Morgan fingerprint density at radius 1 is 1.45 bits per heavy atom. The van der Waals surface area contributed by atoms with Crippen molar-refractivity contribution in [2.24, 2.45) is 11.1 Å². The maximum Gasteiger partial charge on any atom is 0.120 e. The van der Waals surface area contributed by atoms with Gasteiger partial charge in [0.25, 0.3) is 0 Å². The first-order valence-corrected chi connectivity index (χ1v) is 7.56. The summed E-state index contributed by atoms with van der Waals surface area (Å²) in [6.45, 7) is 4.67. The Morgan fingerprint density at radius 3 is 2.80 bits per heavy atom. The second kappa shape index (κ2) is 6.00. The van der Waals surface area contributed by atoms with Gasteiger partial charge in [0.05, 0.1) is 7.11 Å². The van der Waals surface area contributed by atoms with E-state index in [1.807, 2.05) is 18.2 Å². The number of nitrogens with one attached hydrogen (secondary N) is 1. The highest BCUT2D eigenvalue weighted by molar-refractivity contribution is 7.80. The molecule has 0 saturated heterocycles. The van der Waals surface area contributed by atoms with Crippen LogP contribution in [0, 0.1) is 5.41 Å². The van der Waals surface area contributed by atoms with E-state index in [4.69, 9.17) is 22.7 Å². The van der Waals surface area contributed by atoms with E-state index in [-0.39, 0.29) is 0 Å². The van der Waals surface area contributed by atoms with Gasteiger partial charge in [-0.3, -0.25) is 0 Å². The maximum absolute atomic E-state index is 5.82. The molecule has 0 aromatic heterocycles. The summed E-state index contributed by atoms with van der Waals surface area (Å²) in [5.41, 5.74) is 8.09. The topological polar surface area (TPSA) is 47.3 Å². The lowest BCUT2D eigenvalue weighted by atomic mass is 9.75. The van der Waals surface area contributed by atoms with Crippen LogP contribution in [0.15, 0.2) is 18.2 Å². The molecular formula is C16H24N2OS. The van der Waals surface area contributed by atoms with Gasteiger partial charge < -0.3 is 15.8 Å². The van der Waals surface area contributed by atoms with Gasteiger partial charge in [0.15, 0.2) is 0 Å². The van der Waals surface area contributed by atoms with Crippen molar-refractivity contribution in [2.75, 3.05) is 12.4 Å². The van der Waals surface area contributed by atoms with Gasteiger partial charge in [0.1, 0.15) is 10.7 Å². The number of benzene rings is 1. The molecule has 2 rings (SSSR count). The molecule has 4 heteroatoms. The average molecular weight is 292 g/mol. The number of rotatable bonds is 4. The van der Waals surface area contributed by atoms with Crippen LogP contribution in [0.2, 0.25) is 0 Å². The van der Waals surface area contributed by atoms with Crippen LogP contribution in [0.1, 0.15) is 45.1 Å². The largest absolute Gasteiger partial charge is 0.497 e. The van der Waals surface area contributed by atoms with Gasteiger partial charge in [-0.2, -0.15) is 0 Å². The molecule has 0 spiro atoms. The fourth-order valence-electron chi connectivity index (χ4n) is 3.03. The van der Waals surface area contributed by atoms with Crippen LogP contribution in [0.25, 0.3) is 0 Å². The predicted molar refractivity (Wildman–Crippen MR) is 88.5 cm³/mol. The van der Waals surface area contributed by atoms with Crippen molar-refractivity contribution in [3.05, 3.63) is 23.8 Å². The van der Waals surface area contributed by atoms with Crippen LogP contribution in [0.5, 0.6) is 5.75 Å². The third-order valence-corrected chi connectivity index (χ3v) is 4.28. The van der Waals surface area contributed by atoms with Crippen molar-refractivity contribution in [3.8, 4) is 5.75 Å². The number of nitrogens with two attached hydrogens (primary N) is 1. The van der Waals surface area contributed by atoms with Gasteiger partial charge in [-0.1, -0.05) is 32.5 Å². The first-order valence-electron chi connectivity index (χ1n) is 7.16. The minimum atomic E-state index is 0.401. The summed E-state index contributed by atoms with van der Waals surface area (Å²) in [6.07, 6.45) is 4.92. The summed E-state index contributed by atoms with van der Waals surface area (Å²) in [6, 6.07) is 6.27. The lowest BCUT2D eigenvalue weighted by Gasteiger charge is -2.36. The Hall–Kier alpha value is -1.29. The highest BCUT2D eigenvalue weighted by Crippen LogP contribution is 2.37. The molecule has 0 heterocycles. The van der Waals surface area contributed by atoms with E-state index >= 15 is 0 Å². The van der Waals surface area contributed by atoms with Crippen LogP contribution in [-0.4, -0.2) is 18.1 Å². The average Bonchev–Trinajstić information content (AvgIpc) is 2.37. The van der Waals surface area contributed by atoms with E-state index in [0.717, 1.165) is 17.0 Å². The predicted octanol–water partition coefficient (Wildman–Crippen LogP) is 3.71. The highest BCUT2D eigenvalue weighted by Gasteiger charge is 2.28. The lowest BCUT2D eigenvalue weighted by Crippen LogP contribution is -2.32. The minimum Gasteiger partial charge on any atom is -0.497 e. The summed E-state index contributed by atoms with van der Waals surface area (Å²) in [5, 5.41) is 3.61. The second-order valence-corrected chi connectivity index (χ2v) is 6.82. The van der Waals surface area contributed by atoms with E-state index in [0.29, 0.717) is 16.4 Å². The Kier molecular flexibility index (Phi) is 4.53. The number of anilines is 1. The van der Waals surface area contributed by atoms with Gasteiger partial charge in [-0.25, -0.2) is 0 Å². The quantitative estimate of drug-likeness (QED) is 0.831. The van der Waals surface area contributed by atoms with E-state index < -0.39 is 0 Å². The Labute approximate surface area is 126 Å². The molecule has 0 bridgehead atoms. The normalized spacial score (nSPS) is 21.2. The molecule has 0 amide bonds. The molecule has 3 N–H and O–H groups in total. The fraction of sp³-hybridized carbons (Fsp3) is 0.562. The summed E-state index contributed by atoms with van der Waals surface area (Å²) in [7, 11) is 1.67. The van der Waals surface area contributed by atoms with E-state index in [9.17, 15) is 0 Å². The fourth-order valence-corrected chi connectivity index (χ4v) is 3.20. The van der Waals surface area contributed by atoms with Crippen molar-refractivity contribution in [3.63, 3.8) is 0 Å². The SMILES string of the molecule is COc1ccc(C(N)=S)c(NC2CCCC(C)(C)C2)c1. The van der Waals surface area contributed by atoms with Crippen LogP contribution in [0.4, 0.5) is 5.69 Å². The van der Waals surface area contributed by atoms with Crippen molar-refractivity contribution in [1.82, 2.24) is 0 Å². The summed E-state index contributed by atoms with van der Waals surface area (Å²) in [5.74, 6) is 0.822. The molecule has 1 aliphatic carbocycles. The van der Waals surface area contributed by atoms with E-state index in [1.165, 1.54) is 25.7 Å². The first kappa shape index (κ1) is 15.1. The Morgan fingerprint density at radius 2 is 2.20 bits per heavy atom. The molecule has 1 unspecified atom stereocenters. The zero-order valence-corrected chi connectivity index (χ0v) is 13.3. The van der Waals surface area contributed by atoms with Crippen molar-refractivity contribution < 1.29 is 4.74 Å². The molecule has 0 radical (unpaired) electrons. The zero-order valence-electron chi connectivity index (χ0n) is 12.5. The van der Waals surface area contributed by atoms with Gasteiger partial charge in [0, 0.05) is 23.4 Å². The summed E-state index contributed by atoms with van der Waals surface area (Å²) < 4.78 is 5.30. The second-order valence-electron chi connectivity index (χ2n) is 6.38. The zero-order chi connectivity index (χ0) is 14.8. The van der Waals surface area contributed by atoms with Crippen molar-refractivity contribution >= 4 is 22.9 Å². The molecule has 110 valence electrons. The molecule has 1 aromatic rings. The van der Waals surface area contributed by atoms with Crippen LogP contribution in [-0.2, 0) is 0 Å². The monoisotopic (exact) mass is 292 g/mol. The standard InChI is InChI=1S/C16H24N2OS/c1-16(2)8-4-5-11(10-16)18-14-9-12(19-3)6-7-13(14)15(17)20/h6-7,9,11,18H,4-5,8,10H2,1-3H3,(H2,17,20). The van der Waals surface area contributed by atoms with Crippen LogP contribution < -0.4 is 15.8 Å². The van der Waals surface area contributed by atoms with Crippen LogP contribution in [0.3, 0.4) is 0 Å². The Bertz CT molecular complexity index is 499. The molecule has 1 aliphatic rings. The third kappa shape index (κ3) is 3.63. The molecule has 1 saturated carbocycles. The summed E-state index contributed by atoms with van der Waals surface area (Å²) in [4.78, 5) is 0.422. The lowest BCUT2D eigenvalue weighted by molar-refractivity contribution is 0.229. The number of hydrogen-bond donors (Lipinski definition) is 2. The number of methoxy groups -OCH3 is 1. The highest BCUT2D eigenvalue weighted by atomic mass is 32.1. The molecule has 1 aromatic carbocycles. The Balaban J connectivity index is 2.20. The van der Waals surface area contributed by atoms with Gasteiger partial charge in [0.2, 0.25) is 0 Å². The smallest absolute Gasteiger partial charge is 0.120 e.